The van der Waals surface area contributed by atoms with Crippen molar-refractivity contribution in [3.63, 3.8) is 0 Å². The van der Waals surface area contributed by atoms with Crippen molar-refractivity contribution < 1.29 is 4.79 Å². The van der Waals surface area contributed by atoms with Crippen LogP contribution in [-0.4, -0.2) is 41.9 Å². The van der Waals surface area contributed by atoms with Crippen molar-refractivity contribution in [2.45, 2.75) is 40.2 Å². The summed E-state index contributed by atoms with van der Waals surface area (Å²) in [5.41, 5.74) is 2.11. The predicted octanol–water partition coefficient (Wildman–Crippen LogP) is 3.40. The van der Waals surface area contributed by atoms with Gasteiger partial charge in [0.15, 0.2) is 0 Å². The highest BCUT2D eigenvalue weighted by Gasteiger charge is 2.17. The lowest BCUT2D eigenvalue weighted by atomic mass is 9.99. The van der Waals surface area contributed by atoms with Gasteiger partial charge in [0.25, 0.3) is 5.91 Å². The van der Waals surface area contributed by atoms with Gasteiger partial charge < -0.3 is 4.90 Å². The zero-order valence-electron chi connectivity index (χ0n) is 13.6. The molecule has 0 N–H and O–H groups in total. The molecule has 1 aromatic rings. The van der Waals surface area contributed by atoms with Gasteiger partial charge in [-0.05, 0) is 56.8 Å². The Balaban J connectivity index is 1.97. The lowest BCUT2D eigenvalue weighted by molar-refractivity contribution is 0.0773. The largest absolute Gasteiger partial charge is 0.339 e. The van der Waals surface area contributed by atoms with Crippen molar-refractivity contribution in [3.8, 4) is 0 Å². The van der Waals surface area contributed by atoms with Gasteiger partial charge in [-0.3, -0.25) is 9.69 Å². The fourth-order valence-corrected chi connectivity index (χ4v) is 3.13. The molecule has 1 amide bonds. The SMILES string of the molecule is CCN(CC)C(=O)c1ccc(CN2CCCC(C)C2)cc1. The number of piperidine rings is 1. The van der Waals surface area contributed by atoms with Gasteiger partial charge in [0, 0.05) is 31.7 Å². The van der Waals surface area contributed by atoms with E-state index >= 15 is 0 Å². The first-order valence-corrected chi connectivity index (χ1v) is 8.24. The summed E-state index contributed by atoms with van der Waals surface area (Å²) in [5, 5.41) is 0. The molecule has 0 saturated carbocycles. The zero-order chi connectivity index (χ0) is 15.2. The van der Waals surface area contributed by atoms with Crippen molar-refractivity contribution in [3.05, 3.63) is 35.4 Å². The molecular formula is C18H28N2O. The van der Waals surface area contributed by atoms with E-state index < -0.39 is 0 Å². The fraction of sp³-hybridized carbons (Fsp3) is 0.611. The van der Waals surface area contributed by atoms with E-state index in [0.717, 1.165) is 31.1 Å². The highest BCUT2D eigenvalue weighted by Crippen LogP contribution is 2.18. The summed E-state index contributed by atoms with van der Waals surface area (Å²) in [6.07, 6.45) is 2.66. The molecule has 0 spiro atoms. The van der Waals surface area contributed by atoms with E-state index in [0.29, 0.717) is 0 Å². The number of carbonyl (C=O) groups excluding carboxylic acids is 1. The monoisotopic (exact) mass is 288 g/mol. The highest BCUT2D eigenvalue weighted by atomic mass is 16.2. The van der Waals surface area contributed by atoms with Crippen LogP contribution in [0.15, 0.2) is 24.3 Å². The normalized spacial score (nSPS) is 19.5. The van der Waals surface area contributed by atoms with Crippen molar-refractivity contribution >= 4 is 5.91 Å². The summed E-state index contributed by atoms with van der Waals surface area (Å²) in [6.45, 7) is 11.3. The summed E-state index contributed by atoms with van der Waals surface area (Å²) in [4.78, 5) is 16.7. The quantitative estimate of drug-likeness (QED) is 0.829. The molecule has 116 valence electrons. The van der Waals surface area contributed by atoms with Gasteiger partial charge in [0.05, 0.1) is 0 Å². The van der Waals surface area contributed by atoms with Gasteiger partial charge in [-0.2, -0.15) is 0 Å². The van der Waals surface area contributed by atoms with Gasteiger partial charge in [-0.15, -0.1) is 0 Å². The lowest BCUT2D eigenvalue weighted by Crippen LogP contribution is -2.33. The molecule has 21 heavy (non-hydrogen) atoms. The Labute approximate surface area is 128 Å². The lowest BCUT2D eigenvalue weighted by Gasteiger charge is -2.30. The van der Waals surface area contributed by atoms with Gasteiger partial charge in [0.2, 0.25) is 0 Å². The number of benzene rings is 1. The first kappa shape index (κ1) is 16.0. The van der Waals surface area contributed by atoms with Crippen LogP contribution in [0.4, 0.5) is 0 Å². The Hall–Kier alpha value is -1.35. The van der Waals surface area contributed by atoms with Crippen LogP contribution in [0.3, 0.4) is 0 Å². The molecule has 1 aliphatic heterocycles. The number of amides is 1. The number of nitrogens with zero attached hydrogens (tertiary/aromatic N) is 2. The Bertz CT molecular complexity index is 451. The molecule has 3 heteroatoms. The molecule has 0 aliphatic carbocycles. The molecule has 0 radical (unpaired) electrons. The Morgan fingerprint density at radius 3 is 2.48 bits per heavy atom. The van der Waals surface area contributed by atoms with Crippen LogP contribution in [0.2, 0.25) is 0 Å². The van der Waals surface area contributed by atoms with Crippen LogP contribution >= 0.6 is 0 Å². The maximum absolute atomic E-state index is 12.3. The minimum absolute atomic E-state index is 0.137. The maximum Gasteiger partial charge on any atom is 0.253 e. The molecule has 1 aliphatic rings. The third-order valence-corrected chi connectivity index (χ3v) is 4.40. The molecule has 2 rings (SSSR count). The molecule has 1 unspecified atom stereocenters. The van der Waals surface area contributed by atoms with Crippen LogP contribution in [0.25, 0.3) is 0 Å². The van der Waals surface area contributed by atoms with Crippen molar-refractivity contribution in [1.82, 2.24) is 9.80 Å². The van der Waals surface area contributed by atoms with E-state index in [1.165, 1.54) is 31.5 Å². The number of rotatable bonds is 5. The molecule has 1 fully saturated rings. The third kappa shape index (κ3) is 4.31. The topological polar surface area (TPSA) is 23.6 Å². The molecular weight excluding hydrogens is 260 g/mol. The fourth-order valence-electron chi connectivity index (χ4n) is 3.13. The minimum atomic E-state index is 0.137. The Morgan fingerprint density at radius 2 is 1.90 bits per heavy atom. The molecule has 1 atom stereocenters. The minimum Gasteiger partial charge on any atom is -0.339 e. The average molecular weight is 288 g/mol. The van der Waals surface area contributed by atoms with Crippen LogP contribution in [0.5, 0.6) is 0 Å². The molecule has 1 heterocycles. The number of hydrogen-bond acceptors (Lipinski definition) is 2. The molecule has 3 nitrogen and oxygen atoms in total. The second-order valence-electron chi connectivity index (χ2n) is 6.16. The van der Waals surface area contributed by atoms with Crippen molar-refractivity contribution in [2.75, 3.05) is 26.2 Å². The molecule has 1 aromatic carbocycles. The predicted molar refractivity (Wildman–Crippen MR) is 87.4 cm³/mol. The first-order valence-electron chi connectivity index (χ1n) is 8.24. The number of carbonyl (C=O) groups is 1. The van der Waals surface area contributed by atoms with E-state index in [1.54, 1.807) is 0 Å². The van der Waals surface area contributed by atoms with E-state index in [4.69, 9.17) is 0 Å². The summed E-state index contributed by atoms with van der Waals surface area (Å²) in [5.74, 6) is 0.945. The van der Waals surface area contributed by atoms with Crippen molar-refractivity contribution in [1.29, 1.82) is 0 Å². The van der Waals surface area contributed by atoms with Crippen molar-refractivity contribution in [2.24, 2.45) is 5.92 Å². The molecule has 0 bridgehead atoms. The van der Waals surface area contributed by atoms with Gasteiger partial charge >= 0.3 is 0 Å². The second-order valence-corrected chi connectivity index (χ2v) is 6.16. The van der Waals surface area contributed by atoms with Crippen LogP contribution < -0.4 is 0 Å². The number of likely N-dealkylation sites (tertiary alicyclic amines) is 1. The average Bonchev–Trinajstić information content (AvgIpc) is 2.49. The van der Waals surface area contributed by atoms with E-state index in [2.05, 4.69) is 24.0 Å². The maximum atomic E-state index is 12.3. The zero-order valence-corrected chi connectivity index (χ0v) is 13.6. The second kappa shape index (κ2) is 7.60. The third-order valence-electron chi connectivity index (χ3n) is 4.40. The number of hydrogen-bond donors (Lipinski definition) is 0. The van der Waals surface area contributed by atoms with Gasteiger partial charge in [-0.25, -0.2) is 0 Å². The van der Waals surface area contributed by atoms with Crippen LogP contribution in [-0.2, 0) is 6.54 Å². The van der Waals surface area contributed by atoms with Crippen LogP contribution in [0.1, 0.15) is 49.5 Å². The first-order chi connectivity index (χ1) is 10.1. The summed E-state index contributed by atoms with van der Waals surface area (Å²) in [7, 11) is 0. The highest BCUT2D eigenvalue weighted by molar-refractivity contribution is 5.94. The van der Waals surface area contributed by atoms with E-state index in [1.807, 2.05) is 30.9 Å². The van der Waals surface area contributed by atoms with Crippen LogP contribution in [0, 0.1) is 5.92 Å². The summed E-state index contributed by atoms with van der Waals surface area (Å²) < 4.78 is 0. The summed E-state index contributed by atoms with van der Waals surface area (Å²) in [6, 6.07) is 8.17. The molecule has 0 aromatic heterocycles. The Morgan fingerprint density at radius 1 is 1.24 bits per heavy atom. The molecule has 1 saturated heterocycles. The van der Waals surface area contributed by atoms with E-state index in [-0.39, 0.29) is 5.91 Å². The smallest absolute Gasteiger partial charge is 0.253 e. The van der Waals surface area contributed by atoms with Gasteiger partial charge in [-0.1, -0.05) is 19.1 Å². The standard InChI is InChI=1S/C18H28N2O/c1-4-20(5-2)18(21)17-10-8-16(9-11-17)14-19-12-6-7-15(3)13-19/h8-11,15H,4-7,12-14H2,1-3H3. The summed E-state index contributed by atoms with van der Waals surface area (Å²) >= 11 is 0. The van der Waals surface area contributed by atoms with E-state index in [9.17, 15) is 4.79 Å². The van der Waals surface area contributed by atoms with Gasteiger partial charge in [0.1, 0.15) is 0 Å². The Kier molecular flexibility index (Phi) is 5.80.